The van der Waals surface area contributed by atoms with Gasteiger partial charge in [-0.2, -0.15) is 0 Å². The van der Waals surface area contributed by atoms with E-state index >= 15 is 0 Å². The van der Waals surface area contributed by atoms with Crippen molar-refractivity contribution >= 4 is 0 Å². The van der Waals surface area contributed by atoms with E-state index in [-0.39, 0.29) is 12.7 Å². The molecule has 1 fully saturated rings. The van der Waals surface area contributed by atoms with E-state index in [1.54, 1.807) is 0 Å². The molecule has 0 amide bonds. The Balaban J connectivity index is 1.83. The Kier molecular flexibility index (Phi) is 2.45. The van der Waals surface area contributed by atoms with Crippen molar-refractivity contribution in [1.29, 1.82) is 0 Å². The van der Waals surface area contributed by atoms with E-state index in [1.165, 1.54) is 0 Å². The quantitative estimate of drug-likeness (QED) is 0.413. The number of hydrogen-bond donors (Lipinski definition) is 2. The number of rotatable bonds is 4. The van der Waals surface area contributed by atoms with E-state index in [1.807, 2.05) is 0 Å². The molecule has 1 rings (SSSR count). The van der Waals surface area contributed by atoms with Gasteiger partial charge in [0.15, 0.2) is 6.29 Å². The standard InChI is InChI=1S/C6H12O3/c7-4-2-1-3-5-6(8)9-5/h5-8H,1-4H2. The SMILES string of the molecule is OCCCCC1OC1O. The van der Waals surface area contributed by atoms with Crippen LogP contribution in [-0.4, -0.2) is 29.2 Å². The van der Waals surface area contributed by atoms with Crippen LogP contribution in [0.5, 0.6) is 0 Å². The Bertz CT molecular complexity index is 84.4. The molecule has 0 radical (unpaired) electrons. The Hall–Kier alpha value is -0.120. The van der Waals surface area contributed by atoms with Crippen molar-refractivity contribution in [2.45, 2.75) is 31.7 Å². The summed E-state index contributed by atoms with van der Waals surface area (Å²) in [6, 6.07) is 0. The lowest BCUT2D eigenvalue weighted by molar-refractivity contribution is 0.156. The summed E-state index contributed by atoms with van der Waals surface area (Å²) in [7, 11) is 0. The van der Waals surface area contributed by atoms with Gasteiger partial charge in [0, 0.05) is 6.61 Å². The van der Waals surface area contributed by atoms with E-state index in [2.05, 4.69) is 0 Å². The van der Waals surface area contributed by atoms with Crippen LogP contribution in [0, 0.1) is 0 Å². The molecule has 3 heteroatoms. The zero-order valence-corrected chi connectivity index (χ0v) is 5.29. The van der Waals surface area contributed by atoms with Gasteiger partial charge in [0.05, 0.1) is 0 Å². The summed E-state index contributed by atoms with van der Waals surface area (Å²) in [5.41, 5.74) is 0. The maximum absolute atomic E-state index is 8.64. The smallest absolute Gasteiger partial charge is 0.181 e. The van der Waals surface area contributed by atoms with Gasteiger partial charge in [-0.15, -0.1) is 0 Å². The summed E-state index contributed by atoms with van der Waals surface area (Å²) in [5, 5.41) is 17.0. The number of ether oxygens (including phenoxy) is 1. The fourth-order valence-electron chi connectivity index (χ4n) is 0.802. The van der Waals surface area contributed by atoms with Crippen molar-refractivity contribution in [1.82, 2.24) is 0 Å². The Labute approximate surface area is 54.3 Å². The monoisotopic (exact) mass is 132 g/mol. The van der Waals surface area contributed by atoms with Crippen LogP contribution in [0.15, 0.2) is 0 Å². The molecule has 1 saturated heterocycles. The molecular formula is C6H12O3. The first-order valence-electron chi connectivity index (χ1n) is 3.29. The van der Waals surface area contributed by atoms with Gasteiger partial charge < -0.3 is 14.9 Å². The minimum absolute atomic E-state index is 0.0662. The molecule has 0 bridgehead atoms. The molecule has 3 nitrogen and oxygen atoms in total. The number of aliphatic hydroxyl groups is 2. The Morgan fingerprint density at radius 1 is 1.33 bits per heavy atom. The van der Waals surface area contributed by atoms with Crippen LogP contribution in [0.25, 0.3) is 0 Å². The summed E-state index contributed by atoms with van der Waals surface area (Å²) < 4.78 is 4.74. The van der Waals surface area contributed by atoms with Gasteiger partial charge >= 0.3 is 0 Å². The fraction of sp³-hybridized carbons (Fsp3) is 1.00. The number of aliphatic hydroxyl groups excluding tert-OH is 2. The molecule has 0 aromatic rings. The highest BCUT2D eigenvalue weighted by molar-refractivity contribution is 4.73. The summed E-state index contributed by atoms with van der Waals surface area (Å²) in [4.78, 5) is 0. The maximum atomic E-state index is 8.64. The molecule has 0 saturated carbocycles. The highest BCUT2D eigenvalue weighted by atomic mass is 16.7. The average Bonchev–Trinajstić information content (AvgIpc) is 2.48. The largest absolute Gasteiger partial charge is 0.396 e. The van der Waals surface area contributed by atoms with Gasteiger partial charge in [-0.3, -0.25) is 0 Å². The third-order valence-electron chi connectivity index (χ3n) is 1.45. The van der Waals surface area contributed by atoms with E-state index in [0.717, 1.165) is 19.3 Å². The first kappa shape index (κ1) is 6.99. The highest BCUT2D eigenvalue weighted by Gasteiger charge is 2.35. The van der Waals surface area contributed by atoms with Crippen LogP contribution in [-0.2, 0) is 4.74 Å². The van der Waals surface area contributed by atoms with Crippen LogP contribution in [0.1, 0.15) is 19.3 Å². The minimum atomic E-state index is -0.510. The maximum Gasteiger partial charge on any atom is 0.181 e. The lowest BCUT2D eigenvalue weighted by Gasteiger charge is -1.90. The van der Waals surface area contributed by atoms with Crippen molar-refractivity contribution in [2.24, 2.45) is 0 Å². The first-order valence-corrected chi connectivity index (χ1v) is 3.29. The zero-order chi connectivity index (χ0) is 6.69. The summed E-state index contributed by atoms with van der Waals surface area (Å²) in [5.74, 6) is 0. The number of hydrogen-bond acceptors (Lipinski definition) is 3. The molecule has 1 aliphatic heterocycles. The molecule has 2 N–H and O–H groups in total. The van der Waals surface area contributed by atoms with Crippen molar-refractivity contribution < 1.29 is 14.9 Å². The van der Waals surface area contributed by atoms with Gasteiger partial charge in [-0.1, -0.05) is 0 Å². The van der Waals surface area contributed by atoms with Crippen LogP contribution in [0.3, 0.4) is 0 Å². The second-order valence-corrected chi connectivity index (χ2v) is 2.28. The first-order chi connectivity index (χ1) is 4.34. The normalized spacial score (nSPS) is 32.7. The third kappa shape index (κ3) is 2.30. The van der Waals surface area contributed by atoms with Crippen molar-refractivity contribution in [3.63, 3.8) is 0 Å². The summed E-state index contributed by atoms with van der Waals surface area (Å²) >= 11 is 0. The molecule has 0 spiro atoms. The third-order valence-corrected chi connectivity index (χ3v) is 1.45. The lowest BCUT2D eigenvalue weighted by Crippen LogP contribution is -1.92. The molecule has 0 aliphatic carbocycles. The van der Waals surface area contributed by atoms with Crippen LogP contribution in [0.4, 0.5) is 0 Å². The predicted octanol–water partition coefficient (Wildman–Crippen LogP) is -0.134. The highest BCUT2D eigenvalue weighted by Crippen LogP contribution is 2.23. The lowest BCUT2D eigenvalue weighted by atomic mass is 10.2. The van der Waals surface area contributed by atoms with Gasteiger partial charge in [-0.05, 0) is 19.3 Å². The van der Waals surface area contributed by atoms with Gasteiger partial charge in [-0.25, -0.2) is 0 Å². The average molecular weight is 132 g/mol. The molecule has 2 unspecified atom stereocenters. The van der Waals surface area contributed by atoms with Crippen LogP contribution < -0.4 is 0 Å². The topological polar surface area (TPSA) is 53.0 Å². The minimum Gasteiger partial charge on any atom is -0.396 e. The van der Waals surface area contributed by atoms with E-state index in [0.29, 0.717) is 0 Å². The Morgan fingerprint density at radius 2 is 2.00 bits per heavy atom. The number of epoxide rings is 1. The van der Waals surface area contributed by atoms with E-state index in [9.17, 15) is 0 Å². The molecule has 0 aromatic heterocycles. The molecule has 2 atom stereocenters. The molecule has 0 aromatic carbocycles. The van der Waals surface area contributed by atoms with Gasteiger partial charge in [0.2, 0.25) is 0 Å². The van der Waals surface area contributed by atoms with Crippen molar-refractivity contribution in [3.8, 4) is 0 Å². The zero-order valence-electron chi connectivity index (χ0n) is 5.29. The van der Waals surface area contributed by atoms with Gasteiger partial charge in [0.1, 0.15) is 6.10 Å². The van der Waals surface area contributed by atoms with Gasteiger partial charge in [0.25, 0.3) is 0 Å². The molecule has 1 aliphatic rings. The Morgan fingerprint density at radius 3 is 2.44 bits per heavy atom. The molecule has 9 heavy (non-hydrogen) atoms. The van der Waals surface area contributed by atoms with Crippen LogP contribution in [0.2, 0.25) is 0 Å². The van der Waals surface area contributed by atoms with Crippen LogP contribution >= 0.6 is 0 Å². The summed E-state index contributed by atoms with van der Waals surface area (Å²) in [6.07, 6.45) is 2.19. The van der Waals surface area contributed by atoms with Crippen molar-refractivity contribution in [3.05, 3.63) is 0 Å². The molecule has 1 heterocycles. The fourth-order valence-corrected chi connectivity index (χ4v) is 0.802. The van der Waals surface area contributed by atoms with Crippen molar-refractivity contribution in [2.75, 3.05) is 6.61 Å². The predicted molar refractivity (Wildman–Crippen MR) is 31.8 cm³/mol. The summed E-state index contributed by atoms with van der Waals surface area (Å²) in [6.45, 7) is 0.239. The molecule has 54 valence electrons. The molecular weight excluding hydrogens is 120 g/mol. The second kappa shape index (κ2) is 3.15. The second-order valence-electron chi connectivity index (χ2n) is 2.28. The van der Waals surface area contributed by atoms with E-state index in [4.69, 9.17) is 14.9 Å². The number of unbranched alkanes of at least 4 members (excludes halogenated alkanes) is 1. The van der Waals surface area contributed by atoms with E-state index < -0.39 is 6.29 Å².